The Morgan fingerprint density at radius 1 is 1.39 bits per heavy atom. The molecule has 1 amide bonds. The fourth-order valence-corrected chi connectivity index (χ4v) is 2.46. The van der Waals surface area contributed by atoms with Crippen molar-refractivity contribution in [2.45, 2.75) is 25.4 Å². The summed E-state index contributed by atoms with van der Waals surface area (Å²) in [6, 6.07) is 9.79. The van der Waals surface area contributed by atoms with Gasteiger partial charge in [0.15, 0.2) is 0 Å². The molecule has 0 saturated heterocycles. The fourth-order valence-electron chi connectivity index (χ4n) is 1.75. The summed E-state index contributed by atoms with van der Waals surface area (Å²) >= 11 is 1.75. The lowest BCUT2D eigenvalue weighted by molar-refractivity contribution is -0.131. The monoisotopic (exact) mass is 266 g/mol. The molecule has 0 fully saturated rings. The van der Waals surface area contributed by atoms with E-state index >= 15 is 0 Å². The predicted octanol–water partition coefficient (Wildman–Crippen LogP) is 2.29. The summed E-state index contributed by atoms with van der Waals surface area (Å²) in [6.45, 7) is 2.06. The smallest absolute Gasteiger partial charge is 0.224 e. The highest BCUT2D eigenvalue weighted by molar-refractivity contribution is 7.98. The number of hydrogen-bond acceptors (Lipinski definition) is 3. The van der Waals surface area contributed by atoms with E-state index in [9.17, 15) is 4.79 Å². The van der Waals surface area contributed by atoms with E-state index in [1.807, 2.05) is 43.6 Å². The van der Waals surface area contributed by atoms with E-state index in [1.54, 1.807) is 16.7 Å². The maximum Gasteiger partial charge on any atom is 0.224 e. The molecule has 100 valence electrons. The zero-order chi connectivity index (χ0) is 13.5. The summed E-state index contributed by atoms with van der Waals surface area (Å²) in [6.07, 6.45) is 2.41. The molecule has 2 N–H and O–H groups in total. The first-order valence-electron chi connectivity index (χ1n) is 6.11. The van der Waals surface area contributed by atoms with E-state index in [-0.39, 0.29) is 18.0 Å². The number of nitrogens with zero attached hydrogens (tertiary/aromatic N) is 1. The van der Waals surface area contributed by atoms with E-state index in [2.05, 4.69) is 6.92 Å². The van der Waals surface area contributed by atoms with E-state index in [0.29, 0.717) is 6.42 Å². The van der Waals surface area contributed by atoms with Gasteiger partial charge < -0.3 is 10.6 Å². The van der Waals surface area contributed by atoms with Crippen LogP contribution in [-0.4, -0.2) is 35.9 Å². The Bertz CT molecular complexity index is 369. The van der Waals surface area contributed by atoms with Gasteiger partial charge in [-0.05, 0) is 18.7 Å². The molecule has 0 bridgehead atoms. The average Bonchev–Trinajstić information content (AvgIpc) is 2.39. The summed E-state index contributed by atoms with van der Waals surface area (Å²) in [7, 11) is 1.85. The largest absolute Gasteiger partial charge is 0.342 e. The highest BCUT2D eigenvalue weighted by Gasteiger charge is 2.18. The van der Waals surface area contributed by atoms with Crippen LogP contribution in [0.2, 0.25) is 0 Å². The topological polar surface area (TPSA) is 46.3 Å². The number of amides is 1. The van der Waals surface area contributed by atoms with Crippen molar-refractivity contribution < 1.29 is 4.79 Å². The van der Waals surface area contributed by atoms with Crippen LogP contribution >= 0.6 is 11.8 Å². The Morgan fingerprint density at radius 3 is 2.56 bits per heavy atom. The van der Waals surface area contributed by atoms with E-state index in [4.69, 9.17) is 5.73 Å². The molecule has 18 heavy (non-hydrogen) atoms. The molecule has 0 spiro atoms. The van der Waals surface area contributed by atoms with Gasteiger partial charge in [-0.15, -0.1) is 0 Å². The second kappa shape index (κ2) is 7.44. The van der Waals surface area contributed by atoms with Gasteiger partial charge in [-0.1, -0.05) is 30.3 Å². The first-order valence-corrected chi connectivity index (χ1v) is 7.50. The minimum Gasteiger partial charge on any atom is -0.342 e. The number of nitrogens with two attached hydrogens (primary N) is 1. The normalized spacial score (nSPS) is 14.0. The zero-order valence-corrected chi connectivity index (χ0v) is 12.1. The van der Waals surface area contributed by atoms with Crippen molar-refractivity contribution in [1.29, 1.82) is 0 Å². The van der Waals surface area contributed by atoms with Gasteiger partial charge in [-0.25, -0.2) is 0 Å². The molecule has 0 aliphatic rings. The van der Waals surface area contributed by atoms with Gasteiger partial charge in [-0.2, -0.15) is 11.8 Å². The van der Waals surface area contributed by atoms with Crippen LogP contribution in [0.25, 0.3) is 0 Å². The minimum atomic E-state index is -0.220. The minimum absolute atomic E-state index is 0.105. The average molecular weight is 266 g/mol. The van der Waals surface area contributed by atoms with Crippen LogP contribution in [0.3, 0.4) is 0 Å². The van der Waals surface area contributed by atoms with Crippen molar-refractivity contribution in [3.05, 3.63) is 35.9 Å². The molecule has 0 saturated carbocycles. The number of benzene rings is 1. The van der Waals surface area contributed by atoms with Gasteiger partial charge in [0, 0.05) is 31.3 Å². The Hall–Kier alpha value is -1.00. The molecule has 0 aliphatic carbocycles. The summed E-state index contributed by atoms with van der Waals surface area (Å²) in [5.41, 5.74) is 7.07. The summed E-state index contributed by atoms with van der Waals surface area (Å²) in [5.74, 6) is 1.05. The van der Waals surface area contributed by atoms with Gasteiger partial charge >= 0.3 is 0 Å². The van der Waals surface area contributed by atoms with Gasteiger partial charge in [-0.3, -0.25) is 4.79 Å². The number of rotatable bonds is 6. The van der Waals surface area contributed by atoms with Gasteiger partial charge in [0.05, 0.1) is 0 Å². The second-order valence-corrected chi connectivity index (χ2v) is 5.44. The molecule has 0 unspecified atom stereocenters. The van der Waals surface area contributed by atoms with Crippen molar-refractivity contribution in [3.63, 3.8) is 0 Å². The molecule has 1 aromatic rings. The number of hydrogen-bond donors (Lipinski definition) is 1. The third-order valence-corrected chi connectivity index (χ3v) is 3.90. The molecule has 0 aliphatic heterocycles. The first kappa shape index (κ1) is 15.1. The summed E-state index contributed by atoms with van der Waals surface area (Å²) in [4.78, 5) is 13.9. The van der Waals surface area contributed by atoms with Crippen LogP contribution < -0.4 is 5.73 Å². The Kier molecular flexibility index (Phi) is 6.22. The lowest BCUT2D eigenvalue weighted by Gasteiger charge is -2.25. The molecule has 0 aromatic heterocycles. The van der Waals surface area contributed by atoms with Crippen LogP contribution in [-0.2, 0) is 4.79 Å². The van der Waals surface area contributed by atoms with Crippen molar-refractivity contribution in [3.8, 4) is 0 Å². The number of thioether (sulfide) groups is 1. The summed E-state index contributed by atoms with van der Waals surface area (Å²) < 4.78 is 0. The Labute approximate surface area is 114 Å². The Morgan fingerprint density at radius 2 is 2.00 bits per heavy atom. The SMILES string of the molecule is CSC[C@H](C)N(C)C(=O)C[C@@H](N)c1ccccc1. The van der Waals surface area contributed by atoms with E-state index in [1.165, 1.54) is 0 Å². The Balaban J connectivity index is 2.54. The van der Waals surface area contributed by atoms with Crippen molar-refractivity contribution in [2.24, 2.45) is 5.73 Å². The molecule has 1 rings (SSSR count). The van der Waals surface area contributed by atoms with Gasteiger partial charge in [0.1, 0.15) is 0 Å². The highest BCUT2D eigenvalue weighted by atomic mass is 32.2. The molecule has 4 heteroatoms. The first-order chi connectivity index (χ1) is 8.56. The van der Waals surface area contributed by atoms with Crippen molar-refractivity contribution in [2.75, 3.05) is 19.1 Å². The third-order valence-electron chi connectivity index (χ3n) is 3.08. The maximum atomic E-state index is 12.1. The molecule has 0 radical (unpaired) electrons. The van der Waals surface area contributed by atoms with Crippen LogP contribution in [0.4, 0.5) is 0 Å². The lowest BCUT2D eigenvalue weighted by atomic mass is 10.0. The highest BCUT2D eigenvalue weighted by Crippen LogP contribution is 2.15. The van der Waals surface area contributed by atoms with Crippen LogP contribution in [0, 0.1) is 0 Å². The molecule has 3 nitrogen and oxygen atoms in total. The maximum absolute atomic E-state index is 12.1. The molecule has 2 atom stereocenters. The molecular formula is C14H22N2OS. The molecule has 1 aromatic carbocycles. The molecule has 0 heterocycles. The third kappa shape index (κ3) is 4.35. The van der Waals surface area contributed by atoms with E-state index in [0.717, 1.165) is 11.3 Å². The standard InChI is InChI=1S/C14H22N2OS/c1-11(10-18-3)16(2)14(17)9-13(15)12-7-5-4-6-8-12/h4-8,11,13H,9-10,15H2,1-3H3/t11-,13+/m0/s1. The van der Waals surface area contributed by atoms with Gasteiger partial charge in [0.25, 0.3) is 0 Å². The van der Waals surface area contributed by atoms with Crippen LogP contribution in [0.15, 0.2) is 30.3 Å². The fraction of sp³-hybridized carbons (Fsp3) is 0.500. The van der Waals surface area contributed by atoms with Crippen LogP contribution in [0.1, 0.15) is 24.9 Å². The summed E-state index contributed by atoms with van der Waals surface area (Å²) in [5, 5.41) is 0. The molecular weight excluding hydrogens is 244 g/mol. The van der Waals surface area contributed by atoms with Gasteiger partial charge in [0.2, 0.25) is 5.91 Å². The van der Waals surface area contributed by atoms with Crippen molar-refractivity contribution >= 4 is 17.7 Å². The predicted molar refractivity (Wildman–Crippen MR) is 78.6 cm³/mol. The lowest BCUT2D eigenvalue weighted by Crippen LogP contribution is -2.38. The number of carbonyl (C=O) groups excluding carboxylic acids is 1. The number of carbonyl (C=O) groups is 1. The van der Waals surface area contributed by atoms with Crippen LogP contribution in [0.5, 0.6) is 0 Å². The van der Waals surface area contributed by atoms with E-state index < -0.39 is 0 Å². The quantitative estimate of drug-likeness (QED) is 0.859. The second-order valence-electron chi connectivity index (χ2n) is 4.53. The zero-order valence-electron chi connectivity index (χ0n) is 11.3. The van der Waals surface area contributed by atoms with Crippen molar-refractivity contribution in [1.82, 2.24) is 4.90 Å².